The summed E-state index contributed by atoms with van der Waals surface area (Å²) in [4.78, 5) is 24.6. The molecule has 6 nitrogen and oxygen atoms in total. The molecular formula is C10H11BrN2O4. The van der Waals surface area contributed by atoms with Crippen LogP contribution in [-0.4, -0.2) is 40.5 Å². The third-order valence-electron chi connectivity index (χ3n) is 2.72. The molecule has 2 rings (SSSR count). The minimum atomic E-state index is -0.765. The molecule has 2 heterocycles. The van der Waals surface area contributed by atoms with Crippen LogP contribution in [0, 0.1) is 0 Å². The lowest BCUT2D eigenvalue weighted by Crippen LogP contribution is -2.43. The highest BCUT2D eigenvalue weighted by atomic mass is 79.9. The van der Waals surface area contributed by atoms with Gasteiger partial charge in [0.1, 0.15) is 6.04 Å². The highest BCUT2D eigenvalue weighted by Gasteiger charge is 2.38. The molecule has 2 unspecified atom stereocenters. The summed E-state index contributed by atoms with van der Waals surface area (Å²) in [6, 6.07) is 0.731. The van der Waals surface area contributed by atoms with Gasteiger partial charge in [0.15, 0.2) is 4.67 Å². The van der Waals surface area contributed by atoms with Crippen molar-refractivity contribution in [3.8, 4) is 0 Å². The van der Waals surface area contributed by atoms with E-state index < -0.39 is 18.1 Å². The number of carbonyl (C=O) groups excluding carboxylic acids is 2. The third kappa shape index (κ3) is 2.20. The molecule has 1 aliphatic heterocycles. The fourth-order valence-electron chi connectivity index (χ4n) is 1.91. The fraction of sp³-hybridized carbons (Fsp3) is 0.400. The van der Waals surface area contributed by atoms with Crippen LogP contribution in [0.25, 0.3) is 0 Å². The van der Waals surface area contributed by atoms with E-state index in [-0.39, 0.29) is 18.9 Å². The lowest BCUT2D eigenvalue weighted by molar-refractivity contribution is -0.121. The van der Waals surface area contributed by atoms with Gasteiger partial charge in [0.25, 0.3) is 5.91 Å². The maximum absolute atomic E-state index is 12.1. The van der Waals surface area contributed by atoms with E-state index in [9.17, 15) is 14.7 Å². The monoisotopic (exact) mass is 302 g/mol. The number of primary amides is 1. The average Bonchev–Trinajstić information content (AvgIpc) is 2.83. The lowest BCUT2D eigenvalue weighted by Gasteiger charge is -2.21. The number of rotatable bonds is 2. The molecule has 0 bridgehead atoms. The maximum Gasteiger partial charge on any atom is 0.259 e. The molecular weight excluding hydrogens is 292 g/mol. The van der Waals surface area contributed by atoms with Crippen molar-refractivity contribution in [2.45, 2.75) is 18.6 Å². The molecule has 0 saturated carbocycles. The average molecular weight is 303 g/mol. The van der Waals surface area contributed by atoms with Crippen molar-refractivity contribution in [2.75, 3.05) is 6.54 Å². The minimum absolute atomic E-state index is 0.101. The van der Waals surface area contributed by atoms with Crippen molar-refractivity contribution >= 4 is 27.7 Å². The zero-order chi connectivity index (χ0) is 12.6. The van der Waals surface area contributed by atoms with Gasteiger partial charge >= 0.3 is 0 Å². The third-order valence-corrected chi connectivity index (χ3v) is 3.33. The SMILES string of the molecule is NC(=O)C1CC(O)CN1C(=O)c1ccoc1Br. The Morgan fingerprint density at radius 2 is 2.29 bits per heavy atom. The van der Waals surface area contributed by atoms with Gasteiger partial charge in [-0.2, -0.15) is 0 Å². The number of hydrogen-bond donors (Lipinski definition) is 2. The van der Waals surface area contributed by atoms with E-state index in [2.05, 4.69) is 15.9 Å². The first-order valence-corrected chi connectivity index (χ1v) is 5.81. The summed E-state index contributed by atoms with van der Waals surface area (Å²) in [6.07, 6.45) is 0.821. The largest absolute Gasteiger partial charge is 0.457 e. The standard InChI is InChI=1S/C10H11BrN2O4/c11-8-6(1-2-17-8)10(16)13-4-5(14)3-7(13)9(12)15/h1-2,5,7,14H,3-4H2,(H2,12,15). The van der Waals surface area contributed by atoms with Gasteiger partial charge in [-0.25, -0.2) is 0 Å². The molecule has 1 aromatic rings. The van der Waals surface area contributed by atoms with Gasteiger partial charge in [-0.3, -0.25) is 9.59 Å². The van der Waals surface area contributed by atoms with E-state index in [4.69, 9.17) is 10.2 Å². The molecule has 7 heteroatoms. The van der Waals surface area contributed by atoms with E-state index in [1.165, 1.54) is 17.2 Å². The second-order valence-electron chi connectivity index (χ2n) is 3.87. The van der Waals surface area contributed by atoms with Gasteiger partial charge < -0.3 is 20.2 Å². The van der Waals surface area contributed by atoms with Crippen LogP contribution in [-0.2, 0) is 4.79 Å². The van der Waals surface area contributed by atoms with Crippen molar-refractivity contribution in [3.63, 3.8) is 0 Å². The number of likely N-dealkylation sites (tertiary alicyclic amines) is 1. The molecule has 2 amide bonds. The quantitative estimate of drug-likeness (QED) is 0.810. The molecule has 0 radical (unpaired) electrons. The molecule has 3 N–H and O–H groups in total. The lowest BCUT2D eigenvalue weighted by atomic mass is 10.2. The summed E-state index contributed by atoms with van der Waals surface area (Å²) < 4.78 is 5.26. The van der Waals surface area contributed by atoms with Crippen LogP contribution >= 0.6 is 15.9 Å². The van der Waals surface area contributed by atoms with Gasteiger partial charge in [-0.1, -0.05) is 0 Å². The number of amides is 2. The normalized spacial score (nSPS) is 24.0. The highest BCUT2D eigenvalue weighted by Crippen LogP contribution is 2.24. The van der Waals surface area contributed by atoms with Crippen molar-refractivity contribution < 1.29 is 19.1 Å². The van der Waals surface area contributed by atoms with E-state index >= 15 is 0 Å². The molecule has 0 aromatic carbocycles. The van der Waals surface area contributed by atoms with Gasteiger partial charge in [0.05, 0.1) is 17.9 Å². The molecule has 1 aliphatic rings. The number of aliphatic hydroxyl groups is 1. The van der Waals surface area contributed by atoms with Crippen LogP contribution in [0.1, 0.15) is 16.8 Å². The summed E-state index contributed by atoms with van der Waals surface area (Å²) in [6.45, 7) is 0.101. The number of nitrogens with two attached hydrogens (primary N) is 1. The predicted molar refractivity (Wildman–Crippen MR) is 61.1 cm³/mol. The number of aliphatic hydroxyl groups excluding tert-OH is 1. The maximum atomic E-state index is 12.1. The molecule has 1 fully saturated rings. The number of furan rings is 1. The summed E-state index contributed by atoms with van der Waals surface area (Å²) in [5.74, 6) is -1.000. The molecule has 1 saturated heterocycles. The van der Waals surface area contributed by atoms with Crippen LogP contribution in [0.4, 0.5) is 0 Å². The number of hydrogen-bond acceptors (Lipinski definition) is 4. The Morgan fingerprint density at radius 1 is 1.59 bits per heavy atom. The van der Waals surface area contributed by atoms with Gasteiger partial charge in [0, 0.05) is 13.0 Å². The molecule has 92 valence electrons. The smallest absolute Gasteiger partial charge is 0.259 e. The van der Waals surface area contributed by atoms with Crippen molar-refractivity contribution in [2.24, 2.45) is 5.73 Å². The Morgan fingerprint density at radius 3 is 2.82 bits per heavy atom. The van der Waals surface area contributed by atoms with Crippen LogP contribution in [0.5, 0.6) is 0 Å². The van der Waals surface area contributed by atoms with E-state index in [0.717, 1.165) is 0 Å². The Labute approximate surface area is 105 Å². The first-order valence-electron chi connectivity index (χ1n) is 5.02. The molecule has 1 aromatic heterocycles. The molecule has 17 heavy (non-hydrogen) atoms. The van der Waals surface area contributed by atoms with E-state index in [0.29, 0.717) is 10.2 Å². The van der Waals surface area contributed by atoms with E-state index in [1.807, 2.05) is 0 Å². The van der Waals surface area contributed by atoms with Crippen LogP contribution in [0.15, 0.2) is 21.4 Å². The number of halogens is 1. The Balaban J connectivity index is 2.25. The molecule has 2 atom stereocenters. The van der Waals surface area contributed by atoms with Gasteiger partial charge in [0.2, 0.25) is 5.91 Å². The first kappa shape index (κ1) is 12.1. The molecule has 0 aliphatic carbocycles. The van der Waals surface area contributed by atoms with Crippen LogP contribution in [0.3, 0.4) is 0 Å². The Bertz CT molecular complexity index is 459. The highest BCUT2D eigenvalue weighted by molar-refractivity contribution is 9.10. The van der Waals surface area contributed by atoms with Crippen molar-refractivity contribution in [1.29, 1.82) is 0 Å². The second kappa shape index (κ2) is 4.50. The number of β-amino-alcohol motifs (C(OH)–C–C–N with tert-alkyl or cyclic N) is 1. The topological polar surface area (TPSA) is 96.8 Å². The summed E-state index contributed by atoms with van der Waals surface area (Å²) in [7, 11) is 0. The van der Waals surface area contributed by atoms with Crippen molar-refractivity contribution in [1.82, 2.24) is 4.90 Å². The minimum Gasteiger partial charge on any atom is -0.457 e. The number of carbonyl (C=O) groups is 2. The number of nitrogens with zero attached hydrogens (tertiary/aromatic N) is 1. The Hall–Kier alpha value is -1.34. The van der Waals surface area contributed by atoms with Gasteiger partial charge in [-0.15, -0.1) is 0 Å². The first-order chi connectivity index (χ1) is 8.00. The van der Waals surface area contributed by atoms with Crippen molar-refractivity contribution in [3.05, 3.63) is 22.6 Å². The zero-order valence-corrected chi connectivity index (χ0v) is 10.4. The second-order valence-corrected chi connectivity index (χ2v) is 4.59. The zero-order valence-electron chi connectivity index (χ0n) is 8.80. The molecule has 0 spiro atoms. The summed E-state index contributed by atoms with van der Waals surface area (Å²) in [5.41, 5.74) is 5.51. The van der Waals surface area contributed by atoms with E-state index in [1.54, 1.807) is 0 Å². The van der Waals surface area contributed by atoms with Crippen LogP contribution < -0.4 is 5.73 Å². The summed E-state index contributed by atoms with van der Waals surface area (Å²) in [5, 5.41) is 9.50. The van der Waals surface area contributed by atoms with Gasteiger partial charge in [-0.05, 0) is 22.0 Å². The summed E-state index contributed by atoms with van der Waals surface area (Å²) >= 11 is 3.09. The predicted octanol–water partition coefficient (Wildman–Crippen LogP) is 0.103. The van der Waals surface area contributed by atoms with Crippen LogP contribution in [0.2, 0.25) is 0 Å². The Kier molecular flexibility index (Phi) is 3.21. The fourth-order valence-corrected chi connectivity index (χ4v) is 2.32.